The molecule has 0 aliphatic rings. The molecule has 6 heteroatoms. The molecule has 0 aromatic carbocycles. The normalized spacial score (nSPS) is 14.0. The second-order valence-corrected chi connectivity index (χ2v) is 18.4. The van der Waals surface area contributed by atoms with E-state index in [4.69, 9.17) is 4.74 Å². The van der Waals surface area contributed by atoms with E-state index in [-0.39, 0.29) is 24.9 Å². The third kappa shape index (κ3) is 48.8. The average molecular weight is 930 g/mol. The molecule has 0 saturated carbocycles. The fourth-order valence-electron chi connectivity index (χ4n) is 7.76. The number of unbranched alkanes of at least 4 members (excludes halogenated alkanes) is 22. The lowest BCUT2D eigenvalue weighted by Crippen LogP contribution is -2.46. The van der Waals surface area contributed by atoms with Crippen molar-refractivity contribution in [2.75, 3.05) is 6.61 Å². The number of aliphatic hydroxyl groups excluding tert-OH is 2. The summed E-state index contributed by atoms with van der Waals surface area (Å²) < 4.78 is 5.87. The average Bonchev–Trinajstić information content (AvgIpc) is 3.32. The quantitative estimate of drug-likeness (QED) is 0.0244. The predicted octanol–water partition coefficient (Wildman–Crippen LogP) is 17.1. The van der Waals surface area contributed by atoms with E-state index in [1.807, 2.05) is 12.2 Å². The minimum absolute atomic E-state index is 0.0165. The molecule has 0 heterocycles. The maximum absolute atomic E-state index is 13.2. The van der Waals surface area contributed by atoms with Crippen LogP contribution in [0.4, 0.5) is 0 Å². The summed E-state index contributed by atoms with van der Waals surface area (Å²) in [6, 6.07) is -0.745. The Morgan fingerprint density at radius 1 is 0.478 bits per heavy atom. The van der Waals surface area contributed by atoms with Crippen LogP contribution < -0.4 is 5.32 Å². The first-order valence-corrected chi connectivity index (χ1v) is 27.7. The van der Waals surface area contributed by atoms with E-state index in [0.717, 1.165) is 96.3 Å². The number of hydrogen-bond donors (Lipinski definition) is 3. The van der Waals surface area contributed by atoms with Crippen LogP contribution in [-0.2, 0) is 14.3 Å². The van der Waals surface area contributed by atoms with Crippen LogP contribution >= 0.6 is 0 Å². The lowest BCUT2D eigenvalue weighted by Gasteiger charge is -2.24. The first-order chi connectivity index (χ1) is 33.0. The number of nitrogens with one attached hydrogen (secondary N) is 1. The molecule has 6 nitrogen and oxygen atoms in total. The van der Waals surface area contributed by atoms with Gasteiger partial charge >= 0.3 is 5.97 Å². The van der Waals surface area contributed by atoms with Crippen molar-refractivity contribution < 1.29 is 24.5 Å². The van der Waals surface area contributed by atoms with Crippen molar-refractivity contribution in [3.8, 4) is 0 Å². The van der Waals surface area contributed by atoms with Crippen molar-refractivity contribution in [2.45, 2.75) is 257 Å². The van der Waals surface area contributed by atoms with E-state index in [1.54, 1.807) is 0 Å². The van der Waals surface area contributed by atoms with Crippen molar-refractivity contribution >= 4 is 11.9 Å². The number of carbonyl (C=O) groups excluding carboxylic acids is 2. The standard InChI is InChI=1S/C61H103NO5/c1-4-7-10-13-16-19-22-25-28-29-30-33-36-39-42-45-48-51-54-61(66)67-57(52-49-46-43-40-37-34-31-26-23-20-17-14-11-8-5-2)55-60(65)62-58(56-63)59(64)53-50-47-44-41-38-35-32-27-24-21-18-15-12-9-6-3/h8,11,16-17,19-20,22,25-26,28-31,33,37,40,46,49,57-59,63-64H,4-7,9-10,12-15,18,21,23-24,27,32,34-36,38-39,41-45,47-48,50-56H2,1-3H3,(H,62,65)/b11-8-,19-16+,20-17-,25-22+,29-28+,31-26-,33-30+,40-37-,49-46-. The number of ether oxygens (including phenoxy) is 1. The summed E-state index contributed by atoms with van der Waals surface area (Å²) in [4.78, 5) is 26.2. The molecule has 0 aromatic rings. The minimum atomic E-state index is -0.824. The van der Waals surface area contributed by atoms with E-state index in [1.165, 1.54) is 96.3 Å². The Morgan fingerprint density at radius 3 is 1.37 bits per heavy atom. The van der Waals surface area contributed by atoms with Gasteiger partial charge in [-0.05, 0) is 70.6 Å². The predicted molar refractivity (Wildman–Crippen MR) is 291 cm³/mol. The van der Waals surface area contributed by atoms with E-state index in [9.17, 15) is 19.8 Å². The van der Waals surface area contributed by atoms with Gasteiger partial charge < -0.3 is 20.3 Å². The molecule has 0 aliphatic heterocycles. The molecule has 3 atom stereocenters. The van der Waals surface area contributed by atoms with Crippen LogP contribution in [0.2, 0.25) is 0 Å². The summed E-state index contributed by atoms with van der Waals surface area (Å²) >= 11 is 0. The number of amides is 1. The highest BCUT2D eigenvalue weighted by atomic mass is 16.5. The molecule has 0 fully saturated rings. The Bertz CT molecular complexity index is 1370. The number of rotatable bonds is 48. The molecule has 0 bridgehead atoms. The van der Waals surface area contributed by atoms with Crippen molar-refractivity contribution in [3.05, 3.63) is 109 Å². The highest BCUT2D eigenvalue weighted by molar-refractivity contribution is 5.77. The number of hydrogen-bond acceptors (Lipinski definition) is 5. The zero-order valence-electron chi connectivity index (χ0n) is 43.5. The number of esters is 1. The Kier molecular flexibility index (Phi) is 50.7. The smallest absolute Gasteiger partial charge is 0.306 e. The van der Waals surface area contributed by atoms with Gasteiger partial charge in [0.25, 0.3) is 0 Å². The minimum Gasteiger partial charge on any atom is -0.461 e. The first kappa shape index (κ1) is 63.5. The van der Waals surface area contributed by atoms with Gasteiger partial charge in [-0.2, -0.15) is 0 Å². The largest absolute Gasteiger partial charge is 0.461 e. The van der Waals surface area contributed by atoms with Crippen LogP contribution in [0.5, 0.6) is 0 Å². The Hall–Kier alpha value is -3.48. The second kappa shape index (κ2) is 53.5. The third-order valence-electron chi connectivity index (χ3n) is 11.9. The third-order valence-corrected chi connectivity index (χ3v) is 11.9. The summed E-state index contributed by atoms with van der Waals surface area (Å²) in [5.74, 6) is -0.612. The number of carbonyl (C=O) groups is 2. The van der Waals surface area contributed by atoms with E-state index < -0.39 is 18.2 Å². The first-order valence-electron chi connectivity index (χ1n) is 27.7. The molecule has 0 aliphatic carbocycles. The van der Waals surface area contributed by atoms with Gasteiger partial charge in [0.1, 0.15) is 6.10 Å². The van der Waals surface area contributed by atoms with Gasteiger partial charge in [-0.3, -0.25) is 9.59 Å². The molecule has 0 radical (unpaired) electrons. The van der Waals surface area contributed by atoms with Gasteiger partial charge in [0.05, 0.1) is 25.2 Å². The van der Waals surface area contributed by atoms with E-state index in [2.05, 4.69) is 123 Å². The maximum Gasteiger partial charge on any atom is 0.306 e. The van der Waals surface area contributed by atoms with Gasteiger partial charge in [0.2, 0.25) is 5.91 Å². The highest BCUT2D eigenvalue weighted by Gasteiger charge is 2.23. The van der Waals surface area contributed by atoms with Gasteiger partial charge in [-0.1, -0.05) is 259 Å². The van der Waals surface area contributed by atoms with Crippen LogP contribution in [-0.4, -0.2) is 46.9 Å². The van der Waals surface area contributed by atoms with E-state index >= 15 is 0 Å². The molecule has 3 N–H and O–H groups in total. The summed E-state index contributed by atoms with van der Waals surface area (Å²) in [6.45, 7) is 6.30. The van der Waals surface area contributed by atoms with Crippen LogP contribution in [0.3, 0.4) is 0 Å². The van der Waals surface area contributed by atoms with Gasteiger partial charge in [0, 0.05) is 12.8 Å². The van der Waals surface area contributed by atoms with Crippen molar-refractivity contribution in [3.63, 3.8) is 0 Å². The zero-order chi connectivity index (χ0) is 48.8. The monoisotopic (exact) mass is 930 g/mol. The molecule has 3 unspecified atom stereocenters. The van der Waals surface area contributed by atoms with Crippen LogP contribution in [0.15, 0.2) is 109 Å². The molecule has 382 valence electrons. The maximum atomic E-state index is 13.2. The lowest BCUT2D eigenvalue weighted by atomic mass is 10.0. The van der Waals surface area contributed by atoms with Crippen molar-refractivity contribution in [2.24, 2.45) is 0 Å². The topological polar surface area (TPSA) is 95.9 Å². The summed E-state index contributed by atoms with van der Waals surface area (Å²) in [6.07, 6.45) is 73.0. The Balaban J connectivity index is 4.75. The van der Waals surface area contributed by atoms with Crippen molar-refractivity contribution in [1.29, 1.82) is 0 Å². The van der Waals surface area contributed by atoms with Crippen LogP contribution in [0.1, 0.15) is 239 Å². The summed E-state index contributed by atoms with van der Waals surface area (Å²) in [7, 11) is 0. The highest BCUT2D eigenvalue weighted by Crippen LogP contribution is 2.16. The fraction of sp³-hybridized carbons (Fsp3) is 0.672. The van der Waals surface area contributed by atoms with Crippen LogP contribution in [0, 0.1) is 0 Å². The fourth-order valence-corrected chi connectivity index (χ4v) is 7.76. The second-order valence-electron chi connectivity index (χ2n) is 18.4. The molecule has 0 aromatic heterocycles. The molecular formula is C61H103NO5. The molecular weight excluding hydrogens is 827 g/mol. The van der Waals surface area contributed by atoms with E-state index in [0.29, 0.717) is 19.3 Å². The molecule has 0 saturated heterocycles. The van der Waals surface area contributed by atoms with Gasteiger partial charge in [-0.25, -0.2) is 0 Å². The molecule has 0 rings (SSSR count). The Morgan fingerprint density at radius 2 is 0.881 bits per heavy atom. The number of aliphatic hydroxyl groups is 2. The zero-order valence-corrected chi connectivity index (χ0v) is 43.5. The Labute approximate surface area is 413 Å². The lowest BCUT2D eigenvalue weighted by molar-refractivity contribution is -0.150. The molecule has 1 amide bonds. The number of allylic oxidation sites excluding steroid dienone is 17. The SMILES string of the molecule is CC/C=C\C/C=C\C/C=C\C/C=C\C/C=C\CC(CC(=O)NC(CO)C(O)CCCCCCCCCCCCCCCCC)OC(=O)CCCCCCC/C=C/C=C/C=C/C=C/CCCCC. The van der Waals surface area contributed by atoms with Gasteiger partial charge in [-0.15, -0.1) is 0 Å². The van der Waals surface area contributed by atoms with Crippen molar-refractivity contribution in [1.82, 2.24) is 5.32 Å². The molecule has 67 heavy (non-hydrogen) atoms. The van der Waals surface area contributed by atoms with Crippen LogP contribution in [0.25, 0.3) is 0 Å². The molecule has 0 spiro atoms. The van der Waals surface area contributed by atoms with Gasteiger partial charge in [0.15, 0.2) is 0 Å². The summed E-state index contributed by atoms with van der Waals surface area (Å²) in [5, 5.41) is 23.8. The summed E-state index contributed by atoms with van der Waals surface area (Å²) in [5.41, 5.74) is 0.